The summed E-state index contributed by atoms with van der Waals surface area (Å²) in [5, 5.41) is 8.59. The van der Waals surface area contributed by atoms with Gasteiger partial charge in [0.2, 0.25) is 5.91 Å². The molecule has 0 unspecified atom stereocenters. The Labute approximate surface area is 158 Å². The van der Waals surface area contributed by atoms with E-state index in [2.05, 4.69) is 16.0 Å². The third-order valence-electron chi connectivity index (χ3n) is 4.08. The molecule has 2 amide bonds. The first-order valence-corrected chi connectivity index (χ1v) is 10.5. The lowest BCUT2D eigenvalue weighted by molar-refractivity contribution is -0.114. The molecule has 142 valence electrons. The van der Waals surface area contributed by atoms with Gasteiger partial charge in [0.05, 0.1) is 11.4 Å². The average Bonchev–Trinajstić information content (AvgIpc) is 3.44. The standard InChI is InChI=1S/C19H21N3O4S/c1-27(25,26)17-10-8-15(9-11-17)21-18(23)12-20-14-4-2-13(3-5-14)19(24)22-16-6-7-16/h2-5,8-11,16,20H,6-7,12H2,1H3,(H,21,23)(H,22,24). The Morgan fingerprint density at radius 2 is 1.56 bits per heavy atom. The largest absolute Gasteiger partial charge is 0.376 e. The maximum absolute atomic E-state index is 12.0. The molecule has 0 radical (unpaired) electrons. The van der Waals surface area contributed by atoms with E-state index in [9.17, 15) is 18.0 Å². The monoisotopic (exact) mass is 387 g/mol. The lowest BCUT2D eigenvalue weighted by Gasteiger charge is -2.09. The second-order valence-corrected chi connectivity index (χ2v) is 8.54. The molecule has 1 aliphatic rings. The van der Waals surface area contributed by atoms with Crippen LogP contribution in [0, 0.1) is 0 Å². The van der Waals surface area contributed by atoms with Crippen molar-refractivity contribution in [3.63, 3.8) is 0 Å². The topological polar surface area (TPSA) is 104 Å². The quantitative estimate of drug-likeness (QED) is 0.674. The van der Waals surface area contributed by atoms with E-state index in [4.69, 9.17) is 0 Å². The number of hydrogen-bond donors (Lipinski definition) is 3. The Kier molecular flexibility index (Phi) is 5.46. The fourth-order valence-corrected chi connectivity index (χ4v) is 3.04. The van der Waals surface area contributed by atoms with Gasteiger partial charge in [0.1, 0.15) is 0 Å². The molecule has 1 aliphatic carbocycles. The molecular weight excluding hydrogens is 366 g/mol. The van der Waals surface area contributed by atoms with Crippen LogP contribution in [-0.4, -0.2) is 39.1 Å². The molecule has 0 aliphatic heterocycles. The van der Waals surface area contributed by atoms with E-state index in [1.807, 2.05) is 0 Å². The third-order valence-corrected chi connectivity index (χ3v) is 5.21. The maximum Gasteiger partial charge on any atom is 0.251 e. The Morgan fingerprint density at radius 1 is 0.963 bits per heavy atom. The van der Waals surface area contributed by atoms with Gasteiger partial charge in [-0.05, 0) is 61.4 Å². The zero-order chi connectivity index (χ0) is 19.4. The number of benzene rings is 2. The highest BCUT2D eigenvalue weighted by atomic mass is 32.2. The van der Waals surface area contributed by atoms with E-state index >= 15 is 0 Å². The minimum Gasteiger partial charge on any atom is -0.376 e. The summed E-state index contributed by atoms with van der Waals surface area (Å²) >= 11 is 0. The number of rotatable bonds is 7. The van der Waals surface area contributed by atoms with Crippen LogP contribution in [0.5, 0.6) is 0 Å². The van der Waals surface area contributed by atoms with Crippen LogP contribution in [0.4, 0.5) is 11.4 Å². The molecule has 0 bridgehead atoms. The van der Waals surface area contributed by atoms with Crippen molar-refractivity contribution in [3.8, 4) is 0 Å². The van der Waals surface area contributed by atoms with Crippen LogP contribution < -0.4 is 16.0 Å². The minimum atomic E-state index is -3.26. The van der Waals surface area contributed by atoms with Gasteiger partial charge in [-0.25, -0.2) is 8.42 Å². The van der Waals surface area contributed by atoms with E-state index in [1.165, 1.54) is 12.1 Å². The molecule has 0 saturated heterocycles. The molecule has 1 fully saturated rings. The van der Waals surface area contributed by atoms with Gasteiger partial charge >= 0.3 is 0 Å². The highest BCUT2D eigenvalue weighted by Gasteiger charge is 2.23. The van der Waals surface area contributed by atoms with Gasteiger partial charge in [-0.15, -0.1) is 0 Å². The predicted octanol–water partition coefficient (Wildman–Crippen LogP) is 2.03. The van der Waals surface area contributed by atoms with Crippen LogP contribution in [-0.2, 0) is 14.6 Å². The molecule has 3 rings (SSSR count). The van der Waals surface area contributed by atoms with Crippen molar-refractivity contribution in [2.45, 2.75) is 23.8 Å². The molecule has 3 N–H and O–H groups in total. The van der Waals surface area contributed by atoms with Gasteiger partial charge < -0.3 is 16.0 Å². The zero-order valence-corrected chi connectivity index (χ0v) is 15.7. The summed E-state index contributed by atoms with van der Waals surface area (Å²) in [5.41, 5.74) is 1.82. The fraction of sp³-hybridized carbons (Fsp3) is 0.263. The Bertz CT molecular complexity index is 934. The number of carbonyl (C=O) groups excluding carboxylic acids is 2. The van der Waals surface area contributed by atoms with Crippen LogP contribution in [0.15, 0.2) is 53.4 Å². The first-order valence-electron chi connectivity index (χ1n) is 8.56. The lowest BCUT2D eigenvalue weighted by atomic mass is 10.2. The van der Waals surface area contributed by atoms with Crippen LogP contribution in [0.25, 0.3) is 0 Å². The van der Waals surface area contributed by atoms with E-state index < -0.39 is 9.84 Å². The van der Waals surface area contributed by atoms with E-state index in [0.717, 1.165) is 24.8 Å². The summed E-state index contributed by atoms with van der Waals surface area (Å²) < 4.78 is 22.8. The summed E-state index contributed by atoms with van der Waals surface area (Å²) in [6.45, 7) is 0.0431. The second kappa shape index (κ2) is 7.79. The van der Waals surface area contributed by atoms with Crippen molar-refractivity contribution in [2.24, 2.45) is 0 Å². The first kappa shape index (κ1) is 18.9. The van der Waals surface area contributed by atoms with Gasteiger partial charge in [-0.3, -0.25) is 9.59 Å². The van der Waals surface area contributed by atoms with Gasteiger partial charge in [-0.2, -0.15) is 0 Å². The molecule has 2 aromatic carbocycles. The van der Waals surface area contributed by atoms with Crippen molar-refractivity contribution in [2.75, 3.05) is 23.4 Å². The molecule has 7 nitrogen and oxygen atoms in total. The fourth-order valence-electron chi connectivity index (χ4n) is 2.41. The molecule has 0 spiro atoms. The summed E-state index contributed by atoms with van der Waals surface area (Å²) in [4.78, 5) is 24.1. The number of amides is 2. The van der Waals surface area contributed by atoms with Crippen molar-refractivity contribution < 1.29 is 18.0 Å². The minimum absolute atomic E-state index is 0.0431. The number of hydrogen-bond acceptors (Lipinski definition) is 5. The average molecular weight is 387 g/mol. The molecule has 0 atom stereocenters. The molecule has 0 aromatic heterocycles. The van der Waals surface area contributed by atoms with E-state index in [-0.39, 0.29) is 23.3 Å². The lowest BCUT2D eigenvalue weighted by Crippen LogP contribution is -2.25. The number of anilines is 2. The van der Waals surface area contributed by atoms with Crippen LogP contribution >= 0.6 is 0 Å². The summed E-state index contributed by atoms with van der Waals surface area (Å²) in [7, 11) is -3.26. The van der Waals surface area contributed by atoms with Gasteiger partial charge in [-0.1, -0.05) is 0 Å². The molecule has 1 saturated carbocycles. The van der Waals surface area contributed by atoms with E-state index in [1.54, 1.807) is 36.4 Å². The zero-order valence-electron chi connectivity index (χ0n) is 14.9. The summed E-state index contributed by atoms with van der Waals surface area (Å²) in [6.07, 6.45) is 3.21. The predicted molar refractivity (Wildman–Crippen MR) is 104 cm³/mol. The Balaban J connectivity index is 1.49. The molecular formula is C19H21N3O4S. The Morgan fingerprint density at radius 3 is 2.11 bits per heavy atom. The van der Waals surface area contributed by atoms with Gasteiger partial charge in [0.15, 0.2) is 9.84 Å². The van der Waals surface area contributed by atoms with Crippen molar-refractivity contribution in [1.82, 2.24) is 5.32 Å². The Hall–Kier alpha value is -2.87. The molecule has 2 aromatic rings. The summed E-state index contributed by atoms with van der Waals surface area (Å²) in [5.74, 6) is -0.350. The maximum atomic E-state index is 12.0. The van der Waals surface area contributed by atoms with Crippen molar-refractivity contribution in [3.05, 3.63) is 54.1 Å². The number of carbonyl (C=O) groups is 2. The van der Waals surface area contributed by atoms with Crippen LogP contribution in [0.1, 0.15) is 23.2 Å². The number of sulfone groups is 1. The van der Waals surface area contributed by atoms with Crippen molar-refractivity contribution >= 4 is 33.0 Å². The highest BCUT2D eigenvalue weighted by molar-refractivity contribution is 7.90. The molecule has 8 heteroatoms. The highest BCUT2D eigenvalue weighted by Crippen LogP contribution is 2.19. The van der Waals surface area contributed by atoms with Crippen LogP contribution in [0.3, 0.4) is 0 Å². The molecule has 27 heavy (non-hydrogen) atoms. The van der Waals surface area contributed by atoms with E-state index in [0.29, 0.717) is 17.3 Å². The van der Waals surface area contributed by atoms with Crippen molar-refractivity contribution in [1.29, 1.82) is 0 Å². The molecule has 0 heterocycles. The third kappa shape index (κ3) is 5.55. The summed E-state index contributed by atoms with van der Waals surface area (Å²) in [6, 6.07) is 13.2. The SMILES string of the molecule is CS(=O)(=O)c1ccc(NC(=O)CNc2ccc(C(=O)NC3CC3)cc2)cc1. The smallest absolute Gasteiger partial charge is 0.251 e. The second-order valence-electron chi connectivity index (χ2n) is 6.52. The normalized spacial score (nSPS) is 13.7. The number of nitrogens with one attached hydrogen (secondary N) is 3. The van der Waals surface area contributed by atoms with Gasteiger partial charge in [0.25, 0.3) is 5.91 Å². The van der Waals surface area contributed by atoms with Crippen LogP contribution in [0.2, 0.25) is 0 Å². The van der Waals surface area contributed by atoms with Gasteiger partial charge in [0, 0.05) is 29.2 Å². The first-order chi connectivity index (χ1) is 12.8.